The summed E-state index contributed by atoms with van der Waals surface area (Å²) < 4.78 is 10.9. The van der Waals surface area contributed by atoms with E-state index in [1.165, 1.54) is 0 Å². The molecule has 2 N–H and O–H groups in total. The highest BCUT2D eigenvalue weighted by Gasteiger charge is 2.18. The number of nitrogen functional groups attached to an aromatic ring is 1. The Morgan fingerprint density at radius 2 is 1.88 bits per heavy atom. The van der Waals surface area contributed by atoms with Crippen molar-refractivity contribution in [3.63, 3.8) is 0 Å². The van der Waals surface area contributed by atoms with Crippen LogP contribution in [0.15, 0.2) is 30.3 Å². The molecule has 7 nitrogen and oxygen atoms in total. The van der Waals surface area contributed by atoms with Crippen LogP contribution in [0.4, 0.5) is 5.95 Å². The Labute approximate surface area is 146 Å². The standard InChI is InChI=1S/C18H22N4O3/c1-12(2)25-16-11-15(20-18(19)21-16)13-3-5-14(6-4-13)17(23)22-7-9-24-10-8-22/h3-6,11-12H,7-10H2,1-2H3,(H2,19,20,21). The minimum atomic E-state index is -0.00401. The quantitative estimate of drug-likeness (QED) is 0.914. The average molecular weight is 342 g/mol. The second-order valence-electron chi connectivity index (χ2n) is 6.10. The summed E-state index contributed by atoms with van der Waals surface area (Å²) in [6, 6.07) is 9.06. The summed E-state index contributed by atoms with van der Waals surface area (Å²) in [6.07, 6.45) is -0.00401. The van der Waals surface area contributed by atoms with Crippen molar-refractivity contribution in [1.82, 2.24) is 14.9 Å². The van der Waals surface area contributed by atoms with Gasteiger partial charge in [-0.05, 0) is 26.0 Å². The zero-order valence-corrected chi connectivity index (χ0v) is 14.4. The molecule has 7 heteroatoms. The van der Waals surface area contributed by atoms with Gasteiger partial charge in [0.15, 0.2) is 0 Å². The molecular formula is C18H22N4O3. The number of anilines is 1. The maximum atomic E-state index is 12.5. The first-order chi connectivity index (χ1) is 12.0. The Balaban J connectivity index is 1.80. The van der Waals surface area contributed by atoms with E-state index in [2.05, 4.69) is 9.97 Å². The van der Waals surface area contributed by atoms with Crippen molar-refractivity contribution in [3.05, 3.63) is 35.9 Å². The molecular weight excluding hydrogens is 320 g/mol. The van der Waals surface area contributed by atoms with Gasteiger partial charge in [-0.25, -0.2) is 4.98 Å². The predicted octanol–water partition coefficient (Wildman–Crippen LogP) is 1.99. The third-order valence-corrected chi connectivity index (χ3v) is 3.80. The number of amides is 1. The summed E-state index contributed by atoms with van der Waals surface area (Å²) >= 11 is 0. The highest BCUT2D eigenvalue weighted by atomic mass is 16.5. The number of nitrogens with zero attached hydrogens (tertiary/aromatic N) is 3. The molecule has 0 aliphatic carbocycles. The van der Waals surface area contributed by atoms with Gasteiger partial charge in [-0.15, -0.1) is 0 Å². The Hall–Kier alpha value is -2.67. The topological polar surface area (TPSA) is 90.6 Å². The Morgan fingerprint density at radius 3 is 2.52 bits per heavy atom. The summed E-state index contributed by atoms with van der Waals surface area (Å²) in [5, 5.41) is 0. The van der Waals surface area contributed by atoms with Crippen LogP contribution in [0.3, 0.4) is 0 Å². The van der Waals surface area contributed by atoms with Gasteiger partial charge in [0, 0.05) is 30.3 Å². The van der Waals surface area contributed by atoms with Crippen LogP contribution in [0.5, 0.6) is 5.88 Å². The van der Waals surface area contributed by atoms with E-state index in [1.807, 2.05) is 26.0 Å². The molecule has 0 bridgehead atoms. The van der Waals surface area contributed by atoms with Gasteiger partial charge in [-0.2, -0.15) is 4.98 Å². The first kappa shape index (κ1) is 17.2. The van der Waals surface area contributed by atoms with Crippen molar-refractivity contribution >= 4 is 11.9 Å². The van der Waals surface area contributed by atoms with E-state index in [4.69, 9.17) is 15.2 Å². The van der Waals surface area contributed by atoms with Crippen LogP contribution in [-0.2, 0) is 4.74 Å². The molecule has 1 aromatic heterocycles. The maximum Gasteiger partial charge on any atom is 0.254 e. The van der Waals surface area contributed by atoms with Crippen LogP contribution in [0.25, 0.3) is 11.3 Å². The molecule has 0 unspecified atom stereocenters. The van der Waals surface area contributed by atoms with Crippen LogP contribution in [-0.4, -0.2) is 53.2 Å². The zero-order valence-electron chi connectivity index (χ0n) is 14.4. The number of nitrogens with two attached hydrogens (primary N) is 1. The second-order valence-corrected chi connectivity index (χ2v) is 6.10. The SMILES string of the molecule is CC(C)Oc1cc(-c2ccc(C(=O)N3CCOCC3)cc2)nc(N)n1. The number of rotatable bonds is 4. The van der Waals surface area contributed by atoms with Gasteiger partial charge in [0.1, 0.15) is 0 Å². The van der Waals surface area contributed by atoms with Crippen LogP contribution in [0, 0.1) is 0 Å². The highest BCUT2D eigenvalue weighted by Crippen LogP contribution is 2.23. The van der Waals surface area contributed by atoms with Crippen molar-refractivity contribution in [1.29, 1.82) is 0 Å². The minimum Gasteiger partial charge on any atom is -0.475 e. The predicted molar refractivity (Wildman–Crippen MR) is 94.4 cm³/mol. The van der Waals surface area contributed by atoms with Gasteiger partial charge in [0.25, 0.3) is 5.91 Å². The number of benzene rings is 1. The molecule has 1 aliphatic heterocycles. The smallest absolute Gasteiger partial charge is 0.254 e. The largest absolute Gasteiger partial charge is 0.475 e. The Morgan fingerprint density at radius 1 is 1.20 bits per heavy atom. The van der Waals surface area contributed by atoms with Crippen LogP contribution < -0.4 is 10.5 Å². The van der Waals surface area contributed by atoms with E-state index in [0.717, 1.165) is 5.56 Å². The molecule has 0 saturated carbocycles. The Kier molecular flexibility index (Phi) is 5.14. The molecule has 132 valence electrons. The lowest BCUT2D eigenvalue weighted by molar-refractivity contribution is 0.0303. The van der Waals surface area contributed by atoms with Crippen LogP contribution >= 0.6 is 0 Å². The van der Waals surface area contributed by atoms with Crippen molar-refractivity contribution in [3.8, 4) is 17.1 Å². The number of morpholine rings is 1. The molecule has 1 saturated heterocycles. The van der Waals surface area contributed by atoms with E-state index in [0.29, 0.717) is 43.4 Å². The first-order valence-electron chi connectivity index (χ1n) is 8.31. The molecule has 25 heavy (non-hydrogen) atoms. The van der Waals surface area contributed by atoms with Gasteiger partial charge in [-0.1, -0.05) is 12.1 Å². The first-order valence-corrected chi connectivity index (χ1v) is 8.31. The van der Waals surface area contributed by atoms with Gasteiger partial charge in [0.2, 0.25) is 11.8 Å². The zero-order chi connectivity index (χ0) is 17.8. The highest BCUT2D eigenvalue weighted by molar-refractivity contribution is 5.94. The van der Waals surface area contributed by atoms with Gasteiger partial charge < -0.3 is 20.1 Å². The number of hydrogen-bond donors (Lipinski definition) is 1. The molecule has 1 fully saturated rings. The number of carbonyl (C=O) groups is 1. The lowest BCUT2D eigenvalue weighted by Crippen LogP contribution is -2.40. The summed E-state index contributed by atoms with van der Waals surface area (Å²) in [4.78, 5) is 22.6. The minimum absolute atomic E-state index is 0.00401. The number of aromatic nitrogens is 2. The molecule has 1 aliphatic rings. The summed E-state index contributed by atoms with van der Waals surface area (Å²) in [6.45, 7) is 6.26. The van der Waals surface area contributed by atoms with Crippen molar-refractivity contribution < 1.29 is 14.3 Å². The second kappa shape index (κ2) is 7.48. The fourth-order valence-electron chi connectivity index (χ4n) is 2.63. The Bertz CT molecular complexity index is 740. The molecule has 0 atom stereocenters. The van der Waals surface area contributed by atoms with Crippen LogP contribution in [0.2, 0.25) is 0 Å². The molecule has 0 spiro atoms. The van der Waals surface area contributed by atoms with E-state index < -0.39 is 0 Å². The van der Waals surface area contributed by atoms with E-state index in [1.54, 1.807) is 23.1 Å². The van der Waals surface area contributed by atoms with E-state index in [9.17, 15) is 4.79 Å². The average Bonchev–Trinajstić information content (AvgIpc) is 2.61. The number of ether oxygens (including phenoxy) is 2. The van der Waals surface area contributed by atoms with E-state index >= 15 is 0 Å². The van der Waals surface area contributed by atoms with Crippen molar-refractivity contribution in [2.75, 3.05) is 32.0 Å². The normalized spacial score (nSPS) is 14.6. The van der Waals surface area contributed by atoms with Gasteiger partial charge >= 0.3 is 0 Å². The fourth-order valence-corrected chi connectivity index (χ4v) is 2.63. The number of hydrogen-bond acceptors (Lipinski definition) is 6. The lowest BCUT2D eigenvalue weighted by Gasteiger charge is -2.26. The van der Waals surface area contributed by atoms with E-state index in [-0.39, 0.29) is 18.0 Å². The lowest BCUT2D eigenvalue weighted by atomic mass is 10.1. The van der Waals surface area contributed by atoms with Gasteiger partial charge in [-0.3, -0.25) is 4.79 Å². The summed E-state index contributed by atoms with van der Waals surface area (Å²) in [5.74, 6) is 0.605. The van der Waals surface area contributed by atoms with Crippen molar-refractivity contribution in [2.24, 2.45) is 0 Å². The molecule has 1 aromatic carbocycles. The summed E-state index contributed by atoms with van der Waals surface area (Å²) in [5.41, 5.74) is 7.93. The molecule has 0 radical (unpaired) electrons. The third kappa shape index (κ3) is 4.24. The molecule has 2 heterocycles. The molecule has 2 aromatic rings. The van der Waals surface area contributed by atoms with Crippen molar-refractivity contribution in [2.45, 2.75) is 20.0 Å². The molecule has 1 amide bonds. The fraction of sp³-hybridized carbons (Fsp3) is 0.389. The molecule has 3 rings (SSSR count). The third-order valence-electron chi connectivity index (χ3n) is 3.80. The van der Waals surface area contributed by atoms with Crippen LogP contribution in [0.1, 0.15) is 24.2 Å². The maximum absolute atomic E-state index is 12.5. The van der Waals surface area contributed by atoms with Gasteiger partial charge in [0.05, 0.1) is 25.0 Å². The monoisotopic (exact) mass is 342 g/mol. The number of carbonyl (C=O) groups excluding carboxylic acids is 1. The summed E-state index contributed by atoms with van der Waals surface area (Å²) in [7, 11) is 0.